The third kappa shape index (κ3) is 3.32. The number of ether oxygens (including phenoxy) is 1. The normalized spacial score (nSPS) is 14.5. The molecule has 7 heteroatoms. The molecular weight excluding hydrogens is 356 g/mol. The van der Waals surface area contributed by atoms with Gasteiger partial charge in [0.05, 0.1) is 11.1 Å². The Morgan fingerprint density at radius 1 is 1.00 bits per heavy atom. The van der Waals surface area contributed by atoms with Gasteiger partial charge >= 0.3 is 5.97 Å². The van der Waals surface area contributed by atoms with Crippen LogP contribution in [0.2, 0.25) is 0 Å². The summed E-state index contributed by atoms with van der Waals surface area (Å²) in [5.41, 5.74) is 0.308. The van der Waals surface area contributed by atoms with Gasteiger partial charge in [0, 0.05) is 5.56 Å². The first kappa shape index (κ1) is 18.7. The van der Waals surface area contributed by atoms with E-state index in [0.717, 1.165) is 11.0 Å². The first-order chi connectivity index (χ1) is 12.8. The second-order valence-corrected chi connectivity index (χ2v) is 6.54. The van der Waals surface area contributed by atoms with E-state index in [1.165, 1.54) is 24.3 Å². The molecule has 0 N–H and O–H groups in total. The second-order valence-electron chi connectivity index (χ2n) is 6.54. The highest BCUT2D eigenvalue weighted by atomic mass is 19.2. The fourth-order valence-corrected chi connectivity index (χ4v) is 3.03. The van der Waals surface area contributed by atoms with Crippen molar-refractivity contribution in [1.29, 1.82) is 0 Å². The minimum absolute atomic E-state index is 0.131. The Morgan fingerprint density at radius 3 is 2.15 bits per heavy atom. The average Bonchev–Trinajstić information content (AvgIpc) is 2.88. The van der Waals surface area contributed by atoms with Crippen molar-refractivity contribution in [3.8, 4) is 0 Å². The van der Waals surface area contributed by atoms with E-state index in [9.17, 15) is 23.2 Å². The van der Waals surface area contributed by atoms with Gasteiger partial charge in [-0.05, 0) is 24.1 Å². The second kappa shape index (κ2) is 7.26. The molecule has 5 nitrogen and oxygen atoms in total. The van der Waals surface area contributed by atoms with Gasteiger partial charge in [-0.3, -0.25) is 14.5 Å². The summed E-state index contributed by atoms with van der Waals surface area (Å²) in [7, 11) is 0. The molecule has 0 bridgehead atoms. The van der Waals surface area contributed by atoms with E-state index in [-0.39, 0.29) is 16.7 Å². The van der Waals surface area contributed by atoms with Crippen LogP contribution in [0.3, 0.4) is 0 Å². The lowest BCUT2D eigenvalue weighted by Gasteiger charge is -2.27. The summed E-state index contributed by atoms with van der Waals surface area (Å²) >= 11 is 0. The topological polar surface area (TPSA) is 63.7 Å². The predicted octanol–water partition coefficient (Wildman–Crippen LogP) is 3.33. The van der Waals surface area contributed by atoms with E-state index in [0.29, 0.717) is 0 Å². The third-order valence-electron chi connectivity index (χ3n) is 4.38. The van der Waals surface area contributed by atoms with Crippen LogP contribution < -0.4 is 0 Å². The standard InChI is InChI=1S/C20H17F2NO4/c1-11(2)17(20(26)27-10-12-6-5-9-15(21)16(12)22)23-18(24)13-7-3-4-8-14(13)19(23)25/h3-9,11,17H,10H2,1-2H3/t17-/m0/s1. The van der Waals surface area contributed by atoms with Crippen molar-refractivity contribution in [3.63, 3.8) is 0 Å². The van der Waals surface area contributed by atoms with Gasteiger partial charge in [-0.1, -0.05) is 38.1 Å². The van der Waals surface area contributed by atoms with Gasteiger partial charge in [-0.15, -0.1) is 0 Å². The van der Waals surface area contributed by atoms with E-state index in [1.54, 1.807) is 26.0 Å². The molecule has 0 aliphatic carbocycles. The summed E-state index contributed by atoms with van der Waals surface area (Å²) in [6.07, 6.45) is 0. The number of carbonyl (C=O) groups is 3. The summed E-state index contributed by atoms with van der Waals surface area (Å²) in [5.74, 6) is -4.61. The predicted molar refractivity (Wildman–Crippen MR) is 91.7 cm³/mol. The average molecular weight is 373 g/mol. The van der Waals surface area contributed by atoms with Gasteiger partial charge in [0.2, 0.25) is 0 Å². The number of carbonyl (C=O) groups excluding carboxylic acids is 3. The van der Waals surface area contributed by atoms with E-state index in [4.69, 9.17) is 4.74 Å². The first-order valence-electron chi connectivity index (χ1n) is 8.39. The maximum Gasteiger partial charge on any atom is 0.329 e. The lowest BCUT2D eigenvalue weighted by atomic mass is 10.0. The molecule has 3 rings (SSSR count). The maximum atomic E-state index is 13.7. The van der Waals surface area contributed by atoms with Crippen molar-refractivity contribution in [2.24, 2.45) is 5.92 Å². The molecule has 2 aromatic carbocycles. The summed E-state index contributed by atoms with van der Waals surface area (Å²) in [5, 5.41) is 0. The fraction of sp³-hybridized carbons (Fsp3) is 0.250. The number of hydrogen-bond acceptors (Lipinski definition) is 4. The Labute approximate surface area is 154 Å². The monoisotopic (exact) mass is 373 g/mol. The smallest absolute Gasteiger partial charge is 0.329 e. The molecule has 1 heterocycles. The van der Waals surface area contributed by atoms with Crippen molar-refractivity contribution in [2.75, 3.05) is 0 Å². The quantitative estimate of drug-likeness (QED) is 0.596. The Balaban J connectivity index is 1.82. The molecular formula is C20H17F2NO4. The number of hydrogen-bond donors (Lipinski definition) is 0. The number of benzene rings is 2. The molecule has 0 aromatic heterocycles. The van der Waals surface area contributed by atoms with Crippen molar-refractivity contribution in [3.05, 3.63) is 70.8 Å². The zero-order chi connectivity index (χ0) is 19.7. The van der Waals surface area contributed by atoms with Crippen LogP contribution in [-0.4, -0.2) is 28.7 Å². The van der Waals surface area contributed by atoms with Gasteiger partial charge in [-0.2, -0.15) is 0 Å². The minimum atomic E-state index is -1.17. The Morgan fingerprint density at radius 2 is 1.59 bits per heavy atom. The highest BCUT2D eigenvalue weighted by Crippen LogP contribution is 2.28. The largest absolute Gasteiger partial charge is 0.459 e. The molecule has 1 aliphatic rings. The van der Waals surface area contributed by atoms with Crippen LogP contribution in [0.25, 0.3) is 0 Å². The molecule has 0 fully saturated rings. The number of amides is 2. The van der Waals surface area contributed by atoms with Crippen molar-refractivity contribution < 1.29 is 27.9 Å². The number of nitrogens with zero attached hydrogens (tertiary/aromatic N) is 1. The van der Waals surface area contributed by atoms with Gasteiger partial charge in [0.15, 0.2) is 11.6 Å². The first-order valence-corrected chi connectivity index (χ1v) is 8.39. The third-order valence-corrected chi connectivity index (χ3v) is 4.38. The maximum absolute atomic E-state index is 13.7. The molecule has 2 amide bonds. The van der Waals surface area contributed by atoms with Crippen LogP contribution in [0.1, 0.15) is 40.1 Å². The van der Waals surface area contributed by atoms with Crippen LogP contribution in [0.15, 0.2) is 42.5 Å². The number of rotatable bonds is 5. The summed E-state index contributed by atoms with van der Waals surface area (Å²) in [6, 6.07) is 8.65. The Bertz CT molecular complexity index is 891. The zero-order valence-corrected chi connectivity index (χ0v) is 14.7. The molecule has 0 saturated carbocycles. The highest BCUT2D eigenvalue weighted by molar-refractivity contribution is 6.22. The highest BCUT2D eigenvalue weighted by Gasteiger charge is 2.44. The summed E-state index contributed by atoms with van der Waals surface area (Å²) in [6.45, 7) is 2.82. The Hall–Kier alpha value is -3.09. The molecule has 27 heavy (non-hydrogen) atoms. The number of fused-ring (bicyclic) bond motifs is 1. The van der Waals surface area contributed by atoms with Crippen LogP contribution in [0.4, 0.5) is 8.78 Å². The van der Waals surface area contributed by atoms with Gasteiger partial charge in [0.25, 0.3) is 11.8 Å². The van der Waals surface area contributed by atoms with Crippen molar-refractivity contribution >= 4 is 17.8 Å². The number of esters is 1. The SMILES string of the molecule is CC(C)[C@@H](C(=O)OCc1cccc(F)c1F)N1C(=O)c2ccccc2C1=O. The van der Waals surface area contributed by atoms with Crippen LogP contribution in [0.5, 0.6) is 0 Å². The lowest BCUT2D eigenvalue weighted by Crippen LogP contribution is -2.48. The van der Waals surface area contributed by atoms with E-state index in [1.807, 2.05) is 0 Å². The van der Waals surface area contributed by atoms with Gasteiger partial charge < -0.3 is 4.74 Å². The lowest BCUT2D eigenvalue weighted by molar-refractivity contribution is -0.151. The Kier molecular flexibility index (Phi) is 5.03. The zero-order valence-electron chi connectivity index (χ0n) is 14.7. The van der Waals surface area contributed by atoms with Crippen molar-refractivity contribution in [1.82, 2.24) is 4.90 Å². The minimum Gasteiger partial charge on any atom is -0.459 e. The van der Waals surface area contributed by atoms with E-state index < -0.39 is 48.0 Å². The molecule has 2 aromatic rings. The molecule has 0 saturated heterocycles. The molecule has 140 valence electrons. The molecule has 1 atom stereocenters. The molecule has 0 radical (unpaired) electrons. The van der Waals surface area contributed by atoms with E-state index in [2.05, 4.69) is 0 Å². The summed E-state index contributed by atoms with van der Waals surface area (Å²) in [4.78, 5) is 38.7. The fourth-order valence-electron chi connectivity index (χ4n) is 3.03. The molecule has 0 unspecified atom stereocenters. The number of halogens is 2. The van der Waals surface area contributed by atoms with Crippen LogP contribution in [-0.2, 0) is 16.1 Å². The van der Waals surface area contributed by atoms with Gasteiger partial charge in [-0.25, -0.2) is 13.6 Å². The summed E-state index contributed by atoms with van der Waals surface area (Å²) < 4.78 is 32.1. The van der Waals surface area contributed by atoms with Crippen LogP contribution in [0, 0.1) is 17.6 Å². The molecule has 1 aliphatic heterocycles. The van der Waals surface area contributed by atoms with E-state index >= 15 is 0 Å². The van der Waals surface area contributed by atoms with Crippen LogP contribution >= 0.6 is 0 Å². The number of imide groups is 1. The molecule has 0 spiro atoms. The van der Waals surface area contributed by atoms with Crippen molar-refractivity contribution in [2.45, 2.75) is 26.5 Å². The van der Waals surface area contributed by atoms with Gasteiger partial charge in [0.1, 0.15) is 12.6 Å².